The Morgan fingerprint density at radius 2 is 2.27 bits per heavy atom. The van der Waals surface area contributed by atoms with Crippen molar-refractivity contribution in [3.8, 4) is 0 Å². The molecule has 0 amide bonds. The summed E-state index contributed by atoms with van der Waals surface area (Å²) in [4.78, 5) is 1.37. The third kappa shape index (κ3) is 4.64. The molecule has 1 aromatic rings. The van der Waals surface area contributed by atoms with Crippen LogP contribution in [0.5, 0.6) is 0 Å². The summed E-state index contributed by atoms with van der Waals surface area (Å²) in [5, 5.41) is 5.67. The summed E-state index contributed by atoms with van der Waals surface area (Å²) in [6.45, 7) is 5.20. The van der Waals surface area contributed by atoms with Gasteiger partial charge in [0.25, 0.3) is 0 Å². The summed E-state index contributed by atoms with van der Waals surface area (Å²) < 4.78 is 6.23. The van der Waals surface area contributed by atoms with Crippen molar-refractivity contribution in [3.05, 3.63) is 20.8 Å². The number of ether oxygens (including phenoxy) is 1. The topological polar surface area (TPSA) is 21.3 Å². The lowest BCUT2D eigenvalue weighted by atomic mass is 10.2. The smallest absolute Gasteiger partial charge is 0.0476 e. The molecular formula is C11H18BrNOS. The van der Waals surface area contributed by atoms with Gasteiger partial charge in [-0.3, -0.25) is 0 Å². The van der Waals surface area contributed by atoms with Gasteiger partial charge in [0.1, 0.15) is 0 Å². The van der Waals surface area contributed by atoms with E-state index in [1.807, 2.05) is 0 Å². The predicted molar refractivity (Wildman–Crippen MR) is 69.5 cm³/mol. The minimum absolute atomic E-state index is 0.410. The van der Waals surface area contributed by atoms with Crippen molar-refractivity contribution in [2.45, 2.75) is 32.4 Å². The standard InChI is InChI=1S/C11H18BrNOS/c1-8(4-5-14-3)13-9(2)11-6-10(12)7-15-11/h6-9,13H,4-5H2,1-3H3. The van der Waals surface area contributed by atoms with E-state index in [1.165, 1.54) is 9.35 Å². The molecule has 2 nitrogen and oxygen atoms in total. The van der Waals surface area contributed by atoms with E-state index in [0.717, 1.165) is 13.0 Å². The SMILES string of the molecule is COCCC(C)NC(C)c1cc(Br)cs1. The Morgan fingerprint density at radius 3 is 2.80 bits per heavy atom. The molecule has 0 saturated carbocycles. The Hall–Kier alpha value is 0.1000. The Bertz CT molecular complexity index is 290. The zero-order valence-electron chi connectivity index (χ0n) is 9.42. The van der Waals surface area contributed by atoms with Crippen molar-refractivity contribution in [2.75, 3.05) is 13.7 Å². The fourth-order valence-corrected chi connectivity index (χ4v) is 2.90. The lowest BCUT2D eigenvalue weighted by Gasteiger charge is -2.18. The van der Waals surface area contributed by atoms with E-state index < -0.39 is 0 Å². The summed E-state index contributed by atoms with van der Waals surface area (Å²) in [6.07, 6.45) is 1.05. The summed E-state index contributed by atoms with van der Waals surface area (Å²) in [7, 11) is 1.74. The second kappa shape index (κ2) is 6.63. The first kappa shape index (κ1) is 13.2. The molecule has 0 spiro atoms. The highest BCUT2D eigenvalue weighted by molar-refractivity contribution is 9.10. The third-order valence-electron chi connectivity index (χ3n) is 2.30. The molecule has 1 rings (SSSR count). The number of nitrogens with one attached hydrogen (secondary N) is 1. The van der Waals surface area contributed by atoms with Gasteiger partial charge >= 0.3 is 0 Å². The molecule has 0 saturated heterocycles. The quantitative estimate of drug-likeness (QED) is 0.865. The van der Waals surface area contributed by atoms with Crippen molar-refractivity contribution in [2.24, 2.45) is 0 Å². The van der Waals surface area contributed by atoms with Gasteiger partial charge in [0.05, 0.1) is 0 Å². The van der Waals surface area contributed by atoms with Gasteiger partial charge in [0.15, 0.2) is 0 Å². The van der Waals surface area contributed by atoms with Crippen LogP contribution in [-0.4, -0.2) is 19.8 Å². The van der Waals surface area contributed by atoms with E-state index in [0.29, 0.717) is 12.1 Å². The van der Waals surface area contributed by atoms with Crippen LogP contribution in [-0.2, 0) is 4.74 Å². The van der Waals surface area contributed by atoms with Crippen LogP contribution in [0, 0.1) is 0 Å². The van der Waals surface area contributed by atoms with Crippen LogP contribution in [0.25, 0.3) is 0 Å². The van der Waals surface area contributed by atoms with Crippen LogP contribution in [0.4, 0.5) is 0 Å². The highest BCUT2D eigenvalue weighted by Gasteiger charge is 2.10. The second-order valence-corrected chi connectivity index (χ2v) is 5.60. The molecule has 1 aromatic heterocycles. The van der Waals surface area contributed by atoms with E-state index >= 15 is 0 Å². The van der Waals surface area contributed by atoms with Crippen molar-refractivity contribution in [1.82, 2.24) is 5.32 Å². The third-order valence-corrected chi connectivity index (χ3v) is 4.18. The van der Waals surface area contributed by atoms with Crippen LogP contribution in [0.1, 0.15) is 31.2 Å². The van der Waals surface area contributed by atoms with Gasteiger partial charge < -0.3 is 10.1 Å². The lowest BCUT2D eigenvalue weighted by Crippen LogP contribution is -2.29. The first-order chi connectivity index (χ1) is 7.13. The average molecular weight is 292 g/mol. The fourth-order valence-electron chi connectivity index (χ4n) is 1.44. The van der Waals surface area contributed by atoms with E-state index in [4.69, 9.17) is 4.74 Å². The molecule has 0 fully saturated rings. The molecule has 0 radical (unpaired) electrons. The van der Waals surface area contributed by atoms with Crippen LogP contribution in [0.15, 0.2) is 15.9 Å². The molecule has 86 valence electrons. The second-order valence-electron chi connectivity index (χ2n) is 3.74. The molecule has 15 heavy (non-hydrogen) atoms. The molecule has 0 aliphatic rings. The van der Waals surface area contributed by atoms with Crippen LogP contribution in [0.2, 0.25) is 0 Å². The van der Waals surface area contributed by atoms with Gasteiger partial charge in [0, 0.05) is 40.5 Å². The summed E-state index contributed by atoms with van der Waals surface area (Å²) in [6, 6.07) is 3.07. The van der Waals surface area contributed by atoms with Gasteiger partial charge in [-0.1, -0.05) is 0 Å². The predicted octanol–water partition coefficient (Wildman–Crippen LogP) is 3.59. The Morgan fingerprint density at radius 1 is 1.53 bits per heavy atom. The van der Waals surface area contributed by atoms with Gasteiger partial charge in [-0.25, -0.2) is 0 Å². The van der Waals surface area contributed by atoms with Crippen molar-refractivity contribution in [1.29, 1.82) is 0 Å². The number of halogens is 1. The normalized spacial score (nSPS) is 15.2. The highest BCUT2D eigenvalue weighted by atomic mass is 79.9. The molecule has 1 heterocycles. The van der Waals surface area contributed by atoms with Crippen molar-refractivity contribution < 1.29 is 4.74 Å². The van der Waals surface area contributed by atoms with Crippen LogP contribution in [0.3, 0.4) is 0 Å². The average Bonchev–Trinajstić information content (AvgIpc) is 2.61. The van der Waals surface area contributed by atoms with E-state index in [1.54, 1.807) is 18.4 Å². The Balaban J connectivity index is 2.38. The molecule has 2 atom stereocenters. The zero-order valence-corrected chi connectivity index (χ0v) is 11.8. The number of hydrogen-bond donors (Lipinski definition) is 1. The molecular weight excluding hydrogens is 274 g/mol. The van der Waals surface area contributed by atoms with Crippen molar-refractivity contribution in [3.63, 3.8) is 0 Å². The van der Waals surface area contributed by atoms with Gasteiger partial charge in [-0.2, -0.15) is 0 Å². The van der Waals surface area contributed by atoms with Gasteiger partial charge in [0.2, 0.25) is 0 Å². The fraction of sp³-hybridized carbons (Fsp3) is 0.636. The molecule has 4 heteroatoms. The Labute approximate surface area is 104 Å². The maximum absolute atomic E-state index is 5.06. The van der Waals surface area contributed by atoms with Gasteiger partial charge in [-0.05, 0) is 42.3 Å². The largest absolute Gasteiger partial charge is 0.385 e. The maximum atomic E-state index is 5.06. The number of hydrogen-bond acceptors (Lipinski definition) is 3. The summed E-state index contributed by atoms with van der Waals surface area (Å²) in [5.41, 5.74) is 0. The van der Waals surface area contributed by atoms with E-state index in [-0.39, 0.29) is 0 Å². The highest BCUT2D eigenvalue weighted by Crippen LogP contribution is 2.25. The molecule has 0 aliphatic carbocycles. The zero-order chi connectivity index (χ0) is 11.3. The van der Waals surface area contributed by atoms with E-state index in [2.05, 4.69) is 46.5 Å². The van der Waals surface area contributed by atoms with Crippen LogP contribution < -0.4 is 5.32 Å². The monoisotopic (exact) mass is 291 g/mol. The van der Waals surface area contributed by atoms with Crippen LogP contribution >= 0.6 is 27.3 Å². The first-order valence-corrected chi connectivity index (χ1v) is 6.79. The lowest BCUT2D eigenvalue weighted by molar-refractivity contribution is 0.183. The first-order valence-electron chi connectivity index (χ1n) is 5.12. The molecule has 2 unspecified atom stereocenters. The number of rotatable bonds is 6. The summed E-state index contributed by atoms with van der Waals surface area (Å²) >= 11 is 5.25. The minimum Gasteiger partial charge on any atom is -0.385 e. The molecule has 0 aliphatic heterocycles. The maximum Gasteiger partial charge on any atom is 0.0476 e. The van der Waals surface area contributed by atoms with Crippen molar-refractivity contribution >= 4 is 27.3 Å². The summed E-state index contributed by atoms with van der Waals surface area (Å²) in [5.74, 6) is 0. The van der Waals surface area contributed by atoms with Gasteiger partial charge in [-0.15, -0.1) is 11.3 Å². The Kier molecular flexibility index (Phi) is 5.82. The molecule has 0 bridgehead atoms. The molecule has 0 aromatic carbocycles. The number of thiophene rings is 1. The van der Waals surface area contributed by atoms with E-state index in [9.17, 15) is 0 Å². The number of methoxy groups -OCH3 is 1. The molecule has 1 N–H and O–H groups in total. The minimum atomic E-state index is 0.410.